The van der Waals surface area contributed by atoms with E-state index in [9.17, 15) is 14.7 Å². The van der Waals surface area contributed by atoms with Crippen LogP contribution in [0.25, 0.3) is 10.6 Å². The Morgan fingerprint density at radius 3 is 2.41 bits per heavy atom. The summed E-state index contributed by atoms with van der Waals surface area (Å²) >= 11 is 1.30. The highest BCUT2D eigenvalue weighted by molar-refractivity contribution is 7.17. The number of hydrogen-bond acceptors (Lipinski definition) is 5. The largest absolute Gasteiger partial charge is 0.503 e. The number of Topliss-reactive ketones (excluding diaryl/α,β-unsaturated/α-hetero) is 1. The summed E-state index contributed by atoms with van der Waals surface area (Å²) < 4.78 is 0. The van der Waals surface area contributed by atoms with E-state index in [1.807, 2.05) is 54.6 Å². The number of hydrogen-bond donors (Lipinski definition) is 1. The zero-order chi connectivity index (χ0) is 24.4. The Morgan fingerprint density at radius 2 is 1.79 bits per heavy atom. The number of carbonyl (C=O) groups is 2. The molecular weight excluding hydrogens is 444 g/mol. The van der Waals surface area contributed by atoms with Gasteiger partial charge in [-0.1, -0.05) is 81.8 Å². The summed E-state index contributed by atoms with van der Waals surface area (Å²) in [5.41, 5.74) is 3.68. The molecule has 0 bridgehead atoms. The molecule has 2 heterocycles. The summed E-state index contributed by atoms with van der Waals surface area (Å²) in [6, 6.07) is 17.1. The van der Waals surface area contributed by atoms with Gasteiger partial charge in [0.25, 0.3) is 5.91 Å². The minimum Gasteiger partial charge on any atom is -0.503 e. The van der Waals surface area contributed by atoms with Gasteiger partial charge in [-0.2, -0.15) is 0 Å². The first-order chi connectivity index (χ1) is 16.3. The van der Waals surface area contributed by atoms with Crippen LogP contribution in [0.3, 0.4) is 0 Å². The molecular formula is C28H30N2O3S. The number of aromatic nitrogens is 1. The minimum absolute atomic E-state index is 0.143. The predicted molar refractivity (Wildman–Crippen MR) is 136 cm³/mol. The fraction of sp³-hybridized carbons (Fsp3) is 0.321. The van der Waals surface area contributed by atoms with E-state index < -0.39 is 17.7 Å². The third-order valence-corrected chi connectivity index (χ3v) is 7.45. The maximum Gasteiger partial charge on any atom is 0.290 e. The lowest BCUT2D eigenvalue weighted by Gasteiger charge is -2.27. The van der Waals surface area contributed by atoms with Crippen LogP contribution < -0.4 is 0 Å². The van der Waals surface area contributed by atoms with Crippen LogP contribution in [0.15, 0.2) is 65.9 Å². The number of aliphatic hydroxyl groups is 1. The van der Waals surface area contributed by atoms with Crippen molar-refractivity contribution < 1.29 is 14.7 Å². The molecule has 0 fully saturated rings. The zero-order valence-electron chi connectivity index (χ0n) is 20.0. The Morgan fingerprint density at radius 1 is 1.12 bits per heavy atom. The van der Waals surface area contributed by atoms with Crippen molar-refractivity contribution in [3.05, 3.63) is 87.6 Å². The fourth-order valence-electron chi connectivity index (χ4n) is 4.29. The predicted octanol–water partition coefficient (Wildman–Crippen LogP) is 6.62. The number of aliphatic hydroxyl groups excluding tert-OH is 1. The second-order valence-electron chi connectivity index (χ2n) is 8.97. The van der Waals surface area contributed by atoms with Crippen molar-refractivity contribution in [2.24, 2.45) is 0 Å². The molecule has 4 rings (SSSR count). The first kappa shape index (κ1) is 23.9. The maximum absolute atomic E-state index is 13.8. The van der Waals surface area contributed by atoms with Gasteiger partial charge in [-0.15, -0.1) is 11.3 Å². The lowest BCUT2D eigenvalue weighted by atomic mass is 9.93. The van der Waals surface area contributed by atoms with Crippen molar-refractivity contribution in [2.75, 3.05) is 6.54 Å². The number of aryl methyl sites for hydroxylation is 1. The lowest BCUT2D eigenvalue weighted by Crippen LogP contribution is -2.32. The highest BCUT2D eigenvalue weighted by atomic mass is 32.1. The molecule has 176 valence electrons. The second kappa shape index (κ2) is 9.94. The third kappa shape index (κ3) is 4.42. The minimum atomic E-state index is -0.616. The van der Waals surface area contributed by atoms with Gasteiger partial charge in [0, 0.05) is 12.1 Å². The topological polar surface area (TPSA) is 70.5 Å². The highest BCUT2D eigenvalue weighted by Crippen LogP contribution is 2.41. The van der Waals surface area contributed by atoms with Gasteiger partial charge < -0.3 is 10.0 Å². The van der Waals surface area contributed by atoms with Crippen LogP contribution in [0.4, 0.5) is 0 Å². The fourth-order valence-corrected chi connectivity index (χ4v) is 5.31. The summed E-state index contributed by atoms with van der Waals surface area (Å²) in [5.74, 6) is -0.898. The zero-order valence-corrected chi connectivity index (χ0v) is 20.9. The second-order valence-corrected chi connectivity index (χ2v) is 9.97. The normalized spacial score (nSPS) is 16.1. The molecule has 34 heavy (non-hydrogen) atoms. The molecule has 0 radical (unpaired) electrons. The summed E-state index contributed by atoms with van der Waals surface area (Å²) in [7, 11) is 0. The van der Waals surface area contributed by atoms with E-state index in [0.717, 1.165) is 29.0 Å². The molecule has 0 saturated heterocycles. The molecule has 1 aliphatic rings. The average Bonchev–Trinajstić information content (AvgIpc) is 3.35. The first-order valence-electron chi connectivity index (χ1n) is 11.7. The van der Waals surface area contributed by atoms with Crippen molar-refractivity contribution in [1.82, 2.24) is 9.88 Å². The monoisotopic (exact) mass is 474 g/mol. The third-order valence-electron chi connectivity index (χ3n) is 6.24. The van der Waals surface area contributed by atoms with Gasteiger partial charge in [-0.25, -0.2) is 4.98 Å². The smallest absolute Gasteiger partial charge is 0.290 e. The van der Waals surface area contributed by atoms with Crippen molar-refractivity contribution in [3.63, 3.8) is 0 Å². The van der Waals surface area contributed by atoms with E-state index in [-0.39, 0.29) is 11.4 Å². The summed E-state index contributed by atoms with van der Waals surface area (Å²) in [4.78, 5) is 33.6. The van der Waals surface area contributed by atoms with Crippen molar-refractivity contribution in [3.8, 4) is 10.6 Å². The molecule has 6 heteroatoms. The highest BCUT2D eigenvalue weighted by Gasteiger charge is 2.44. The molecule has 2 aromatic carbocycles. The van der Waals surface area contributed by atoms with E-state index >= 15 is 0 Å². The van der Waals surface area contributed by atoms with Gasteiger partial charge in [0.05, 0.1) is 22.2 Å². The van der Waals surface area contributed by atoms with Gasteiger partial charge >= 0.3 is 0 Å². The molecule has 1 unspecified atom stereocenters. The van der Waals surface area contributed by atoms with Crippen LogP contribution in [0.5, 0.6) is 0 Å². The van der Waals surface area contributed by atoms with Gasteiger partial charge in [0.2, 0.25) is 5.78 Å². The van der Waals surface area contributed by atoms with Crippen molar-refractivity contribution >= 4 is 23.0 Å². The molecule has 3 aromatic rings. The lowest BCUT2D eigenvalue weighted by molar-refractivity contribution is -0.129. The Balaban J connectivity index is 1.77. The number of unbranched alkanes of at least 4 members (excludes halogenated alkanes) is 1. The van der Waals surface area contributed by atoms with E-state index in [4.69, 9.17) is 0 Å². The van der Waals surface area contributed by atoms with Gasteiger partial charge in [0.15, 0.2) is 5.76 Å². The summed E-state index contributed by atoms with van der Waals surface area (Å²) in [6.45, 7) is 8.58. The van der Waals surface area contributed by atoms with Crippen molar-refractivity contribution in [1.29, 1.82) is 0 Å². The Labute approximate surface area is 204 Å². The molecule has 0 saturated carbocycles. The standard InChI is InChI=1S/C28H30N2O3S/c1-5-6-16-30-23(20-14-12-19(13-15-20)17(2)3)22(25(32)28(30)33)24(31)26-18(4)29-27(34-26)21-10-8-7-9-11-21/h7-15,17,23,32H,5-6,16H2,1-4H3. The summed E-state index contributed by atoms with van der Waals surface area (Å²) in [6.07, 6.45) is 1.69. The van der Waals surface area contributed by atoms with Crippen LogP contribution in [0.2, 0.25) is 0 Å². The van der Waals surface area contributed by atoms with Crippen molar-refractivity contribution in [2.45, 2.75) is 52.5 Å². The molecule has 1 aliphatic heterocycles. The molecule has 0 spiro atoms. The Kier molecular flexibility index (Phi) is 6.98. The van der Waals surface area contributed by atoms with Crippen LogP contribution in [-0.4, -0.2) is 33.2 Å². The maximum atomic E-state index is 13.8. The SMILES string of the molecule is CCCCN1C(=O)C(O)=C(C(=O)c2sc(-c3ccccc3)nc2C)C1c1ccc(C(C)C)cc1. The molecule has 1 amide bonds. The Bertz CT molecular complexity index is 1230. The number of nitrogens with zero attached hydrogens (tertiary/aromatic N) is 2. The van der Waals surface area contributed by atoms with Crippen LogP contribution in [0, 0.1) is 6.92 Å². The molecule has 1 N–H and O–H groups in total. The number of amides is 1. The Hall–Kier alpha value is -3.25. The first-order valence-corrected chi connectivity index (χ1v) is 12.6. The number of carbonyl (C=O) groups excluding carboxylic acids is 2. The molecule has 1 aromatic heterocycles. The number of thiazole rings is 1. The van der Waals surface area contributed by atoms with Crippen LogP contribution in [-0.2, 0) is 4.79 Å². The van der Waals surface area contributed by atoms with E-state index in [0.29, 0.717) is 23.0 Å². The number of rotatable bonds is 8. The van der Waals surface area contributed by atoms with E-state index in [2.05, 4.69) is 25.8 Å². The van der Waals surface area contributed by atoms with E-state index in [1.54, 1.807) is 11.8 Å². The number of ketones is 1. The molecule has 1 atom stereocenters. The van der Waals surface area contributed by atoms with Crippen LogP contribution >= 0.6 is 11.3 Å². The average molecular weight is 475 g/mol. The van der Waals surface area contributed by atoms with Gasteiger partial charge in [-0.05, 0) is 30.4 Å². The van der Waals surface area contributed by atoms with Gasteiger partial charge in [0.1, 0.15) is 5.01 Å². The summed E-state index contributed by atoms with van der Waals surface area (Å²) in [5, 5.41) is 11.6. The molecule has 0 aliphatic carbocycles. The van der Waals surface area contributed by atoms with Gasteiger partial charge in [-0.3, -0.25) is 9.59 Å². The number of benzene rings is 2. The quantitative estimate of drug-likeness (QED) is 0.373. The van der Waals surface area contributed by atoms with E-state index in [1.165, 1.54) is 16.9 Å². The van der Waals surface area contributed by atoms with Crippen LogP contribution in [0.1, 0.15) is 72.1 Å². The molecule has 5 nitrogen and oxygen atoms in total.